The first-order valence-electron chi connectivity index (χ1n) is 9.48. The van der Waals surface area contributed by atoms with Gasteiger partial charge in [0.1, 0.15) is 11.5 Å². The number of rotatable bonds is 5. The Balaban J connectivity index is 1.43. The van der Waals surface area contributed by atoms with Crippen LogP contribution >= 0.6 is 11.6 Å². The lowest BCUT2D eigenvalue weighted by Gasteiger charge is -2.12. The van der Waals surface area contributed by atoms with Gasteiger partial charge in [0, 0.05) is 23.8 Å². The van der Waals surface area contributed by atoms with Crippen LogP contribution in [0.15, 0.2) is 45.9 Å². The van der Waals surface area contributed by atoms with Crippen molar-refractivity contribution in [3.8, 4) is 0 Å². The van der Waals surface area contributed by atoms with E-state index in [0.717, 1.165) is 12.8 Å². The molecular formula is C20H20ClN5O5. The summed E-state index contributed by atoms with van der Waals surface area (Å²) in [5.74, 6) is -2.47. The highest BCUT2D eigenvalue weighted by Crippen LogP contribution is 2.14. The van der Waals surface area contributed by atoms with Crippen LogP contribution in [0.25, 0.3) is 0 Å². The van der Waals surface area contributed by atoms with Crippen LogP contribution in [0.4, 0.5) is 5.69 Å². The van der Waals surface area contributed by atoms with Gasteiger partial charge >= 0.3 is 23.6 Å². The van der Waals surface area contributed by atoms with Crippen molar-refractivity contribution < 1.29 is 23.6 Å². The standard InChI is InChI=1S/C20H20ClN5O5/c21-13-4-3-5-14(10-13)24-18(28)17(27)22-11-15-6-7-16(31-15)12-23-25-19(29)20(30)26-8-1-2-9-26/h3-7,10,12H,1-2,8-9,11H2,(H,22,27)(H,24,28)(H,25,29)/b23-12+. The quantitative estimate of drug-likeness (QED) is 0.362. The second kappa shape index (κ2) is 10.4. The first-order valence-corrected chi connectivity index (χ1v) is 9.86. The summed E-state index contributed by atoms with van der Waals surface area (Å²) >= 11 is 5.83. The lowest BCUT2D eigenvalue weighted by atomic mass is 10.3. The number of benzene rings is 1. The maximum absolute atomic E-state index is 11.9. The second-order valence-corrected chi connectivity index (χ2v) is 7.09. The topological polar surface area (TPSA) is 133 Å². The molecule has 1 aliphatic rings. The van der Waals surface area contributed by atoms with Gasteiger partial charge in [-0.25, -0.2) is 5.43 Å². The number of furan rings is 1. The van der Waals surface area contributed by atoms with Gasteiger partial charge in [-0.15, -0.1) is 0 Å². The Morgan fingerprint density at radius 2 is 1.84 bits per heavy atom. The molecule has 1 aromatic carbocycles. The molecule has 1 aliphatic heterocycles. The Morgan fingerprint density at radius 3 is 2.58 bits per heavy atom. The number of hydrogen-bond donors (Lipinski definition) is 3. The number of amides is 4. The van der Waals surface area contributed by atoms with Crippen LogP contribution < -0.4 is 16.1 Å². The molecule has 4 amide bonds. The van der Waals surface area contributed by atoms with E-state index in [4.69, 9.17) is 16.0 Å². The molecule has 0 unspecified atom stereocenters. The van der Waals surface area contributed by atoms with E-state index in [0.29, 0.717) is 35.3 Å². The molecule has 1 saturated heterocycles. The first kappa shape index (κ1) is 22.0. The van der Waals surface area contributed by atoms with Crippen LogP contribution in [0.5, 0.6) is 0 Å². The maximum atomic E-state index is 11.9. The maximum Gasteiger partial charge on any atom is 0.329 e. The number of carbonyl (C=O) groups is 4. The summed E-state index contributed by atoms with van der Waals surface area (Å²) in [5, 5.41) is 8.99. The molecular weight excluding hydrogens is 426 g/mol. The predicted molar refractivity (Wildman–Crippen MR) is 112 cm³/mol. The van der Waals surface area contributed by atoms with Crippen LogP contribution in [-0.4, -0.2) is 47.8 Å². The van der Waals surface area contributed by atoms with Gasteiger partial charge in [0.05, 0.1) is 12.8 Å². The van der Waals surface area contributed by atoms with Crippen molar-refractivity contribution in [2.24, 2.45) is 5.10 Å². The molecule has 0 aliphatic carbocycles. The molecule has 3 rings (SSSR count). The normalized spacial score (nSPS) is 13.3. The van der Waals surface area contributed by atoms with Crippen LogP contribution in [-0.2, 0) is 25.7 Å². The van der Waals surface area contributed by atoms with Crippen molar-refractivity contribution in [3.05, 3.63) is 52.9 Å². The summed E-state index contributed by atoms with van der Waals surface area (Å²) in [6.07, 6.45) is 3.00. The zero-order chi connectivity index (χ0) is 22.2. The van der Waals surface area contributed by atoms with E-state index >= 15 is 0 Å². The van der Waals surface area contributed by atoms with Crippen LogP contribution in [0, 0.1) is 0 Å². The largest absolute Gasteiger partial charge is 0.458 e. The number of nitrogens with zero attached hydrogens (tertiary/aromatic N) is 2. The number of carbonyl (C=O) groups excluding carboxylic acids is 4. The van der Waals surface area contributed by atoms with Crippen molar-refractivity contribution in [3.63, 3.8) is 0 Å². The molecule has 162 valence electrons. The van der Waals surface area contributed by atoms with E-state index in [2.05, 4.69) is 21.2 Å². The molecule has 0 bridgehead atoms. The minimum Gasteiger partial charge on any atom is -0.458 e. The summed E-state index contributed by atoms with van der Waals surface area (Å²) in [6, 6.07) is 9.55. The Kier molecular flexibility index (Phi) is 7.39. The number of hydrogen-bond acceptors (Lipinski definition) is 6. The third-order valence-electron chi connectivity index (χ3n) is 4.34. The fourth-order valence-corrected chi connectivity index (χ4v) is 3.02. The van der Waals surface area contributed by atoms with Gasteiger partial charge in [0.2, 0.25) is 0 Å². The number of likely N-dealkylation sites (tertiary alicyclic amines) is 1. The smallest absolute Gasteiger partial charge is 0.329 e. The first-order chi connectivity index (χ1) is 14.9. The van der Waals surface area contributed by atoms with E-state index in [1.54, 1.807) is 30.3 Å². The van der Waals surface area contributed by atoms with Crippen LogP contribution in [0.2, 0.25) is 5.02 Å². The predicted octanol–water partition coefficient (Wildman–Crippen LogP) is 1.26. The Labute approximate surface area is 182 Å². The molecule has 0 atom stereocenters. The van der Waals surface area contributed by atoms with Crippen LogP contribution in [0.1, 0.15) is 24.4 Å². The number of anilines is 1. The van der Waals surface area contributed by atoms with Crippen molar-refractivity contribution in [1.29, 1.82) is 0 Å². The number of nitrogens with one attached hydrogen (secondary N) is 3. The molecule has 0 saturated carbocycles. The van der Waals surface area contributed by atoms with E-state index in [9.17, 15) is 19.2 Å². The lowest BCUT2D eigenvalue weighted by Crippen LogP contribution is -2.39. The van der Waals surface area contributed by atoms with E-state index in [1.807, 2.05) is 0 Å². The zero-order valence-electron chi connectivity index (χ0n) is 16.4. The van der Waals surface area contributed by atoms with Gasteiger partial charge in [-0.2, -0.15) is 5.10 Å². The fraction of sp³-hybridized carbons (Fsp3) is 0.250. The summed E-state index contributed by atoms with van der Waals surface area (Å²) in [4.78, 5) is 49.0. The third-order valence-corrected chi connectivity index (χ3v) is 4.57. The minimum atomic E-state index is -0.848. The van der Waals surface area contributed by atoms with Crippen molar-refractivity contribution >= 4 is 47.1 Å². The fourth-order valence-electron chi connectivity index (χ4n) is 2.83. The highest BCUT2D eigenvalue weighted by Gasteiger charge is 2.24. The highest BCUT2D eigenvalue weighted by molar-refractivity contribution is 6.39. The Hall–Kier alpha value is -3.66. The minimum absolute atomic E-state index is 0.0323. The van der Waals surface area contributed by atoms with Gasteiger partial charge in [-0.1, -0.05) is 17.7 Å². The second-order valence-electron chi connectivity index (χ2n) is 6.65. The average Bonchev–Trinajstić information content (AvgIpc) is 3.43. The van der Waals surface area contributed by atoms with Crippen molar-refractivity contribution in [1.82, 2.24) is 15.6 Å². The molecule has 2 heterocycles. The molecule has 2 aromatic rings. The van der Waals surface area contributed by atoms with Crippen LogP contribution in [0.3, 0.4) is 0 Å². The molecule has 10 nitrogen and oxygen atoms in total. The molecule has 0 radical (unpaired) electrons. The van der Waals surface area contributed by atoms with Gasteiger partial charge in [-0.05, 0) is 43.2 Å². The molecule has 31 heavy (non-hydrogen) atoms. The van der Waals surface area contributed by atoms with Gasteiger partial charge in [0.25, 0.3) is 0 Å². The monoisotopic (exact) mass is 445 g/mol. The summed E-state index contributed by atoms with van der Waals surface area (Å²) in [6.45, 7) is 1.11. The summed E-state index contributed by atoms with van der Waals surface area (Å²) in [5.41, 5.74) is 2.55. The Bertz CT molecular complexity index is 1010. The zero-order valence-corrected chi connectivity index (χ0v) is 17.1. The number of halogens is 1. The van der Waals surface area contributed by atoms with E-state index in [-0.39, 0.29) is 6.54 Å². The summed E-state index contributed by atoms with van der Waals surface area (Å²) in [7, 11) is 0. The van der Waals surface area contributed by atoms with Crippen molar-refractivity contribution in [2.45, 2.75) is 19.4 Å². The third kappa shape index (κ3) is 6.41. The molecule has 11 heteroatoms. The van der Waals surface area contributed by atoms with Gasteiger partial charge in [-0.3, -0.25) is 19.2 Å². The van der Waals surface area contributed by atoms with Gasteiger partial charge in [0.15, 0.2) is 0 Å². The summed E-state index contributed by atoms with van der Waals surface area (Å²) < 4.78 is 5.43. The van der Waals surface area contributed by atoms with Crippen molar-refractivity contribution in [2.75, 3.05) is 18.4 Å². The SMILES string of the molecule is O=C(NCc1ccc(/C=N/NC(=O)C(=O)N2CCCC2)o1)C(=O)Nc1cccc(Cl)c1. The molecule has 1 aromatic heterocycles. The number of hydrazone groups is 1. The molecule has 3 N–H and O–H groups in total. The lowest BCUT2D eigenvalue weighted by molar-refractivity contribution is -0.145. The van der Waals surface area contributed by atoms with E-state index < -0.39 is 23.6 Å². The molecule has 0 spiro atoms. The van der Waals surface area contributed by atoms with Gasteiger partial charge < -0.3 is 20.0 Å². The average molecular weight is 446 g/mol. The molecule has 1 fully saturated rings. The highest BCUT2D eigenvalue weighted by atomic mass is 35.5. The van der Waals surface area contributed by atoms with E-state index in [1.165, 1.54) is 17.2 Å². The Morgan fingerprint density at radius 1 is 1.06 bits per heavy atom.